The lowest BCUT2D eigenvalue weighted by Crippen LogP contribution is -2.33. The van der Waals surface area contributed by atoms with E-state index < -0.39 is 0 Å². The van der Waals surface area contributed by atoms with Gasteiger partial charge in [0, 0.05) is 13.1 Å². The Morgan fingerprint density at radius 1 is 1.44 bits per heavy atom. The van der Waals surface area contributed by atoms with E-state index in [4.69, 9.17) is 10.2 Å². The van der Waals surface area contributed by atoms with Crippen LogP contribution in [0, 0.1) is 6.92 Å². The van der Waals surface area contributed by atoms with Gasteiger partial charge in [-0.05, 0) is 38.4 Å². The first-order valence-corrected chi connectivity index (χ1v) is 5.74. The molecular weight excluding hydrogens is 204 g/mol. The van der Waals surface area contributed by atoms with E-state index in [9.17, 15) is 4.79 Å². The number of nitrogens with zero attached hydrogens (tertiary/aromatic N) is 1. The van der Waals surface area contributed by atoms with Crippen molar-refractivity contribution in [3.8, 4) is 0 Å². The second-order valence-corrected chi connectivity index (χ2v) is 3.84. The lowest BCUT2D eigenvalue weighted by Gasteiger charge is -2.20. The summed E-state index contributed by atoms with van der Waals surface area (Å²) in [6, 6.07) is 3.53. The minimum atomic E-state index is -0.0385. The molecular formula is C12H20N2O2. The first-order chi connectivity index (χ1) is 7.69. The number of nitrogens with two attached hydrogens (primary N) is 1. The number of amides is 1. The predicted octanol–water partition coefficient (Wildman–Crippen LogP) is 1.79. The third-order valence-electron chi connectivity index (χ3n) is 2.36. The fourth-order valence-corrected chi connectivity index (χ4v) is 1.57. The number of aryl methyl sites for hydroxylation is 1. The number of hydrogen-bond donors (Lipinski definition) is 1. The monoisotopic (exact) mass is 224 g/mol. The van der Waals surface area contributed by atoms with Gasteiger partial charge in [-0.1, -0.05) is 6.92 Å². The van der Waals surface area contributed by atoms with Crippen molar-refractivity contribution in [1.29, 1.82) is 0 Å². The molecule has 1 amide bonds. The molecule has 1 aromatic heterocycles. The highest BCUT2D eigenvalue weighted by Crippen LogP contribution is 2.10. The molecule has 4 heteroatoms. The van der Waals surface area contributed by atoms with Gasteiger partial charge in [-0.3, -0.25) is 4.79 Å². The molecule has 0 fully saturated rings. The fraction of sp³-hybridized carbons (Fsp3) is 0.583. The van der Waals surface area contributed by atoms with Gasteiger partial charge in [-0.2, -0.15) is 0 Å². The summed E-state index contributed by atoms with van der Waals surface area (Å²) in [5.74, 6) is 1.14. The molecule has 1 rings (SSSR count). The summed E-state index contributed by atoms with van der Waals surface area (Å²) < 4.78 is 5.33. The highest BCUT2D eigenvalue weighted by atomic mass is 16.3. The summed E-state index contributed by atoms with van der Waals surface area (Å²) in [6.45, 7) is 5.93. The maximum atomic E-state index is 12.0. The van der Waals surface area contributed by atoms with E-state index in [0.29, 0.717) is 18.8 Å². The lowest BCUT2D eigenvalue weighted by atomic mass is 10.3. The molecule has 1 heterocycles. The van der Waals surface area contributed by atoms with Crippen molar-refractivity contribution in [3.05, 3.63) is 23.7 Å². The zero-order valence-corrected chi connectivity index (χ0v) is 10.0. The van der Waals surface area contributed by atoms with Gasteiger partial charge in [0.25, 0.3) is 5.91 Å². The van der Waals surface area contributed by atoms with Gasteiger partial charge in [0.1, 0.15) is 5.76 Å². The Kier molecular flexibility index (Phi) is 5.05. The number of furan rings is 1. The molecule has 2 N–H and O–H groups in total. The van der Waals surface area contributed by atoms with Crippen molar-refractivity contribution in [2.75, 3.05) is 19.6 Å². The topological polar surface area (TPSA) is 59.5 Å². The summed E-state index contributed by atoms with van der Waals surface area (Å²) >= 11 is 0. The molecule has 0 saturated carbocycles. The van der Waals surface area contributed by atoms with Gasteiger partial charge >= 0.3 is 0 Å². The van der Waals surface area contributed by atoms with Crippen LogP contribution in [0.2, 0.25) is 0 Å². The molecule has 4 nitrogen and oxygen atoms in total. The van der Waals surface area contributed by atoms with Crippen molar-refractivity contribution in [3.63, 3.8) is 0 Å². The number of hydrogen-bond acceptors (Lipinski definition) is 3. The summed E-state index contributed by atoms with van der Waals surface area (Å²) in [4.78, 5) is 13.8. The fourth-order valence-electron chi connectivity index (χ4n) is 1.57. The van der Waals surface area contributed by atoms with Crippen LogP contribution in [0.1, 0.15) is 36.1 Å². The smallest absolute Gasteiger partial charge is 0.289 e. The average Bonchev–Trinajstić information content (AvgIpc) is 2.70. The Bertz CT molecular complexity index is 334. The van der Waals surface area contributed by atoms with Gasteiger partial charge in [0.2, 0.25) is 0 Å². The van der Waals surface area contributed by atoms with E-state index >= 15 is 0 Å². The van der Waals surface area contributed by atoms with Crippen molar-refractivity contribution in [1.82, 2.24) is 4.90 Å². The Morgan fingerprint density at radius 3 is 2.69 bits per heavy atom. The van der Waals surface area contributed by atoms with Gasteiger partial charge in [-0.25, -0.2) is 0 Å². The quantitative estimate of drug-likeness (QED) is 0.801. The highest BCUT2D eigenvalue weighted by Gasteiger charge is 2.17. The van der Waals surface area contributed by atoms with Crippen molar-refractivity contribution in [2.45, 2.75) is 26.7 Å². The van der Waals surface area contributed by atoms with E-state index in [1.807, 2.05) is 6.92 Å². The van der Waals surface area contributed by atoms with Crippen LogP contribution < -0.4 is 5.73 Å². The Labute approximate surface area is 96.4 Å². The van der Waals surface area contributed by atoms with Crippen LogP contribution in [-0.2, 0) is 0 Å². The highest BCUT2D eigenvalue weighted by molar-refractivity contribution is 5.91. The molecule has 90 valence electrons. The van der Waals surface area contributed by atoms with E-state index in [2.05, 4.69) is 6.92 Å². The molecule has 0 spiro atoms. The van der Waals surface area contributed by atoms with Crippen LogP contribution in [-0.4, -0.2) is 30.4 Å². The SMILES string of the molecule is CCCN(CCCN)C(=O)c1ccc(C)o1. The standard InChI is InChI=1S/C12H20N2O2/c1-3-8-14(9-4-7-13)12(15)11-6-5-10(2)16-11/h5-6H,3-4,7-9,13H2,1-2H3. The Balaban J connectivity index is 2.66. The van der Waals surface area contributed by atoms with E-state index in [1.54, 1.807) is 17.0 Å². The molecule has 0 aliphatic carbocycles. The number of carbonyl (C=O) groups is 1. The predicted molar refractivity (Wildman–Crippen MR) is 63.3 cm³/mol. The van der Waals surface area contributed by atoms with Crippen LogP contribution in [0.15, 0.2) is 16.5 Å². The molecule has 0 aromatic carbocycles. The lowest BCUT2D eigenvalue weighted by molar-refractivity contribution is 0.0721. The van der Waals surface area contributed by atoms with Crippen molar-refractivity contribution in [2.24, 2.45) is 5.73 Å². The summed E-state index contributed by atoms with van der Waals surface area (Å²) in [5.41, 5.74) is 5.45. The first-order valence-electron chi connectivity index (χ1n) is 5.74. The van der Waals surface area contributed by atoms with Crippen LogP contribution in [0.3, 0.4) is 0 Å². The second kappa shape index (κ2) is 6.33. The minimum absolute atomic E-state index is 0.0385. The molecule has 16 heavy (non-hydrogen) atoms. The number of rotatable bonds is 6. The molecule has 0 unspecified atom stereocenters. The van der Waals surface area contributed by atoms with E-state index in [-0.39, 0.29) is 5.91 Å². The molecule has 0 bridgehead atoms. The zero-order chi connectivity index (χ0) is 12.0. The van der Waals surface area contributed by atoms with Crippen LogP contribution in [0.4, 0.5) is 0 Å². The molecule has 0 saturated heterocycles. The van der Waals surface area contributed by atoms with Gasteiger partial charge in [0.15, 0.2) is 5.76 Å². The van der Waals surface area contributed by atoms with E-state index in [1.165, 1.54) is 0 Å². The number of carbonyl (C=O) groups excluding carboxylic acids is 1. The molecule has 0 aliphatic heterocycles. The van der Waals surface area contributed by atoms with Crippen LogP contribution >= 0.6 is 0 Å². The van der Waals surface area contributed by atoms with Crippen molar-refractivity contribution < 1.29 is 9.21 Å². The summed E-state index contributed by atoms with van der Waals surface area (Å²) in [6.07, 6.45) is 1.77. The Hall–Kier alpha value is -1.29. The van der Waals surface area contributed by atoms with Gasteiger partial charge in [-0.15, -0.1) is 0 Å². The van der Waals surface area contributed by atoms with Crippen molar-refractivity contribution >= 4 is 5.91 Å². The van der Waals surface area contributed by atoms with Gasteiger partial charge < -0.3 is 15.1 Å². The molecule has 0 radical (unpaired) electrons. The first kappa shape index (κ1) is 12.8. The molecule has 0 aliphatic rings. The maximum Gasteiger partial charge on any atom is 0.289 e. The summed E-state index contributed by atoms with van der Waals surface area (Å²) in [5, 5.41) is 0. The van der Waals surface area contributed by atoms with Crippen LogP contribution in [0.5, 0.6) is 0 Å². The maximum absolute atomic E-state index is 12.0. The zero-order valence-electron chi connectivity index (χ0n) is 10.0. The minimum Gasteiger partial charge on any atom is -0.456 e. The normalized spacial score (nSPS) is 10.4. The van der Waals surface area contributed by atoms with E-state index in [0.717, 1.165) is 25.1 Å². The van der Waals surface area contributed by atoms with Gasteiger partial charge in [0.05, 0.1) is 0 Å². The third-order valence-corrected chi connectivity index (χ3v) is 2.36. The second-order valence-electron chi connectivity index (χ2n) is 3.84. The summed E-state index contributed by atoms with van der Waals surface area (Å²) in [7, 11) is 0. The van der Waals surface area contributed by atoms with Crippen LogP contribution in [0.25, 0.3) is 0 Å². The molecule has 0 atom stereocenters. The Morgan fingerprint density at radius 2 is 2.19 bits per heavy atom. The average molecular weight is 224 g/mol. The third kappa shape index (κ3) is 3.38. The molecule has 1 aromatic rings. The largest absolute Gasteiger partial charge is 0.456 e.